The van der Waals surface area contributed by atoms with E-state index < -0.39 is 0 Å². The van der Waals surface area contributed by atoms with E-state index >= 15 is 0 Å². The number of thioether (sulfide) groups is 1. The molecule has 1 amide bonds. The van der Waals surface area contributed by atoms with Gasteiger partial charge in [-0.05, 0) is 30.5 Å². The Balaban J connectivity index is 2.17. The SMILES string of the molecule is CSc1ccc(N2CCC(=O)CC2=O)cc1. The number of Topliss-reactive ketones (excluding diaryl/α,β-unsaturated/α-hetero) is 1. The van der Waals surface area contributed by atoms with Crippen LogP contribution in [0.4, 0.5) is 5.69 Å². The van der Waals surface area contributed by atoms with Gasteiger partial charge in [0.2, 0.25) is 5.91 Å². The summed E-state index contributed by atoms with van der Waals surface area (Å²) < 4.78 is 0. The molecule has 0 radical (unpaired) electrons. The fraction of sp³-hybridized carbons (Fsp3) is 0.333. The van der Waals surface area contributed by atoms with E-state index in [1.807, 2.05) is 30.5 Å². The van der Waals surface area contributed by atoms with E-state index in [-0.39, 0.29) is 18.1 Å². The van der Waals surface area contributed by atoms with Gasteiger partial charge in [0.25, 0.3) is 0 Å². The average molecular weight is 235 g/mol. The molecule has 0 aromatic heterocycles. The van der Waals surface area contributed by atoms with Crippen molar-refractivity contribution in [2.45, 2.75) is 17.7 Å². The molecule has 0 atom stereocenters. The number of piperidine rings is 1. The van der Waals surface area contributed by atoms with E-state index in [0.29, 0.717) is 13.0 Å². The van der Waals surface area contributed by atoms with Gasteiger partial charge in [0.05, 0.1) is 6.42 Å². The molecule has 16 heavy (non-hydrogen) atoms. The Hall–Kier alpha value is -1.29. The third kappa shape index (κ3) is 2.27. The summed E-state index contributed by atoms with van der Waals surface area (Å²) in [4.78, 5) is 25.6. The maximum atomic E-state index is 11.7. The van der Waals surface area contributed by atoms with Crippen molar-refractivity contribution in [1.82, 2.24) is 0 Å². The first kappa shape index (κ1) is 11.2. The van der Waals surface area contributed by atoms with Crippen LogP contribution in [0.3, 0.4) is 0 Å². The summed E-state index contributed by atoms with van der Waals surface area (Å²) in [5.41, 5.74) is 0.885. The molecule has 0 spiro atoms. The van der Waals surface area contributed by atoms with Crippen molar-refractivity contribution in [2.75, 3.05) is 17.7 Å². The van der Waals surface area contributed by atoms with Gasteiger partial charge in [0, 0.05) is 23.5 Å². The van der Waals surface area contributed by atoms with Crippen molar-refractivity contribution in [3.05, 3.63) is 24.3 Å². The zero-order chi connectivity index (χ0) is 11.5. The first-order chi connectivity index (χ1) is 7.70. The third-order valence-electron chi connectivity index (χ3n) is 2.65. The summed E-state index contributed by atoms with van der Waals surface area (Å²) in [6.07, 6.45) is 2.53. The smallest absolute Gasteiger partial charge is 0.234 e. The lowest BCUT2D eigenvalue weighted by Gasteiger charge is -2.26. The maximum absolute atomic E-state index is 11.7. The van der Waals surface area contributed by atoms with Crippen molar-refractivity contribution < 1.29 is 9.59 Å². The van der Waals surface area contributed by atoms with E-state index in [1.165, 1.54) is 4.90 Å². The van der Waals surface area contributed by atoms with Gasteiger partial charge in [-0.2, -0.15) is 0 Å². The molecule has 0 aliphatic carbocycles. The minimum Gasteiger partial charge on any atom is -0.312 e. The highest BCUT2D eigenvalue weighted by atomic mass is 32.2. The van der Waals surface area contributed by atoms with Gasteiger partial charge in [0.15, 0.2) is 0 Å². The molecule has 1 saturated heterocycles. The summed E-state index contributed by atoms with van der Waals surface area (Å²) in [7, 11) is 0. The molecule has 4 heteroatoms. The Morgan fingerprint density at radius 2 is 1.88 bits per heavy atom. The Kier molecular flexibility index (Phi) is 3.29. The predicted molar refractivity (Wildman–Crippen MR) is 64.8 cm³/mol. The largest absolute Gasteiger partial charge is 0.312 e. The van der Waals surface area contributed by atoms with Crippen LogP contribution >= 0.6 is 11.8 Å². The van der Waals surface area contributed by atoms with Gasteiger partial charge in [-0.15, -0.1) is 11.8 Å². The van der Waals surface area contributed by atoms with Crippen LogP contribution in [0.1, 0.15) is 12.8 Å². The maximum Gasteiger partial charge on any atom is 0.234 e. The van der Waals surface area contributed by atoms with Crippen LogP contribution in [-0.4, -0.2) is 24.5 Å². The highest BCUT2D eigenvalue weighted by molar-refractivity contribution is 7.98. The zero-order valence-electron chi connectivity index (χ0n) is 9.10. The molecule has 3 nitrogen and oxygen atoms in total. The Morgan fingerprint density at radius 3 is 2.44 bits per heavy atom. The number of hydrogen-bond acceptors (Lipinski definition) is 3. The fourth-order valence-corrected chi connectivity index (χ4v) is 2.16. The molecule has 84 valence electrons. The predicted octanol–water partition coefficient (Wildman–Crippen LogP) is 2.10. The minimum atomic E-state index is -0.0897. The van der Waals surface area contributed by atoms with Gasteiger partial charge in [-0.3, -0.25) is 9.59 Å². The standard InChI is InChI=1S/C12H13NO2S/c1-16-11-4-2-9(3-5-11)13-7-6-10(14)8-12(13)15/h2-5H,6-8H2,1H3. The lowest BCUT2D eigenvalue weighted by molar-refractivity contribution is -0.128. The molecule has 1 aromatic carbocycles. The second kappa shape index (κ2) is 4.70. The molecule has 1 heterocycles. The number of rotatable bonds is 2. The zero-order valence-corrected chi connectivity index (χ0v) is 9.92. The molecule has 1 aliphatic rings. The number of ketones is 1. The van der Waals surface area contributed by atoms with Crippen molar-refractivity contribution in [2.24, 2.45) is 0 Å². The Labute approximate surface area is 98.8 Å². The highest BCUT2D eigenvalue weighted by Crippen LogP contribution is 2.23. The summed E-state index contributed by atoms with van der Waals surface area (Å²) in [6, 6.07) is 7.84. The lowest BCUT2D eigenvalue weighted by atomic mass is 10.1. The molecule has 0 saturated carbocycles. The quantitative estimate of drug-likeness (QED) is 0.582. The van der Waals surface area contributed by atoms with Crippen molar-refractivity contribution >= 4 is 29.1 Å². The number of amides is 1. The molecule has 1 aromatic rings. The first-order valence-electron chi connectivity index (χ1n) is 5.17. The normalized spacial score (nSPS) is 16.7. The number of benzene rings is 1. The minimum absolute atomic E-state index is 0.0435. The molecular formula is C12H13NO2S. The lowest BCUT2D eigenvalue weighted by Crippen LogP contribution is -2.38. The summed E-state index contributed by atoms with van der Waals surface area (Å²) in [5.74, 6) is -0.0462. The van der Waals surface area contributed by atoms with Gasteiger partial charge in [0.1, 0.15) is 5.78 Å². The molecule has 1 fully saturated rings. The van der Waals surface area contributed by atoms with Crippen LogP contribution in [0.25, 0.3) is 0 Å². The first-order valence-corrected chi connectivity index (χ1v) is 6.39. The van der Waals surface area contributed by atoms with Gasteiger partial charge in [-0.1, -0.05) is 0 Å². The Bertz CT molecular complexity index is 414. The molecule has 1 aliphatic heterocycles. The van der Waals surface area contributed by atoms with Crippen molar-refractivity contribution in [1.29, 1.82) is 0 Å². The molecular weight excluding hydrogens is 222 g/mol. The number of carbonyl (C=O) groups is 2. The van der Waals surface area contributed by atoms with Crippen LogP contribution in [0.2, 0.25) is 0 Å². The highest BCUT2D eigenvalue weighted by Gasteiger charge is 2.24. The average Bonchev–Trinajstić information content (AvgIpc) is 2.29. The summed E-state index contributed by atoms with van der Waals surface area (Å²) in [6.45, 7) is 0.510. The van der Waals surface area contributed by atoms with E-state index in [0.717, 1.165) is 5.69 Å². The topological polar surface area (TPSA) is 37.4 Å². The van der Waals surface area contributed by atoms with Crippen LogP contribution in [0.5, 0.6) is 0 Å². The van der Waals surface area contributed by atoms with Crippen LogP contribution in [0.15, 0.2) is 29.2 Å². The number of hydrogen-bond donors (Lipinski definition) is 0. The van der Waals surface area contributed by atoms with E-state index in [2.05, 4.69) is 0 Å². The fourth-order valence-electron chi connectivity index (χ4n) is 1.75. The number of anilines is 1. The molecule has 0 bridgehead atoms. The molecule has 0 unspecified atom stereocenters. The number of carbonyl (C=O) groups excluding carboxylic acids is 2. The third-order valence-corrected chi connectivity index (χ3v) is 3.39. The van der Waals surface area contributed by atoms with Crippen LogP contribution in [0, 0.1) is 0 Å². The molecule has 2 rings (SSSR count). The van der Waals surface area contributed by atoms with Gasteiger partial charge in [-0.25, -0.2) is 0 Å². The van der Waals surface area contributed by atoms with Crippen molar-refractivity contribution in [3.8, 4) is 0 Å². The monoisotopic (exact) mass is 235 g/mol. The van der Waals surface area contributed by atoms with E-state index in [1.54, 1.807) is 16.7 Å². The second-order valence-corrected chi connectivity index (χ2v) is 4.59. The number of nitrogens with zero attached hydrogens (tertiary/aromatic N) is 1. The van der Waals surface area contributed by atoms with Crippen molar-refractivity contribution in [3.63, 3.8) is 0 Å². The van der Waals surface area contributed by atoms with Crippen LogP contribution in [-0.2, 0) is 9.59 Å². The van der Waals surface area contributed by atoms with E-state index in [4.69, 9.17) is 0 Å². The molecule has 0 N–H and O–H groups in total. The van der Waals surface area contributed by atoms with Gasteiger partial charge < -0.3 is 4.90 Å². The van der Waals surface area contributed by atoms with Gasteiger partial charge >= 0.3 is 0 Å². The Morgan fingerprint density at radius 1 is 1.19 bits per heavy atom. The summed E-state index contributed by atoms with van der Waals surface area (Å²) >= 11 is 1.67. The van der Waals surface area contributed by atoms with E-state index in [9.17, 15) is 9.59 Å². The van der Waals surface area contributed by atoms with Crippen LogP contribution < -0.4 is 4.90 Å². The second-order valence-electron chi connectivity index (χ2n) is 3.71. The summed E-state index contributed by atoms with van der Waals surface area (Å²) in [5, 5.41) is 0.